The molecule has 0 aliphatic heterocycles. The Bertz CT molecular complexity index is 823. The summed E-state index contributed by atoms with van der Waals surface area (Å²) in [4.78, 5) is 4.52. The maximum absolute atomic E-state index is 6.10. The van der Waals surface area contributed by atoms with Gasteiger partial charge in [-0.25, -0.2) is 4.98 Å². The molecule has 5 N–H and O–H groups in total. The highest BCUT2D eigenvalue weighted by Crippen LogP contribution is 2.30. The number of nitrogens with two attached hydrogens (primary N) is 2. The third kappa shape index (κ3) is 3.13. The number of benzene rings is 2. The fourth-order valence-electron chi connectivity index (χ4n) is 2.40. The van der Waals surface area contributed by atoms with E-state index in [1.54, 1.807) is 6.26 Å². The molecule has 0 saturated carbocycles. The molecule has 118 valence electrons. The van der Waals surface area contributed by atoms with Crippen LogP contribution >= 0.6 is 0 Å². The minimum atomic E-state index is 0.317. The van der Waals surface area contributed by atoms with Crippen LogP contribution in [0.15, 0.2) is 53.1 Å². The van der Waals surface area contributed by atoms with Crippen LogP contribution in [-0.2, 0) is 0 Å². The predicted molar refractivity (Wildman–Crippen MR) is 95.0 cm³/mol. The largest absolute Gasteiger partial charge is 0.444 e. The molecule has 0 aliphatic rings. The van der Waals surface area contributed by atoms with Gasteiger partial charge >= 0.3 is 0 Å². The number of hydrogen-bond donors (Lipinski definition) is 3. The molecule has 3 rings (SSSR count). The monoisotopic (exact) mass is 308 g/mol. The second-order valence-electron chi connectivity index (χ2n) is 5.73. The van der Waals surface area contributed by atoms with Crippen molar-refractivity contribution in [1.82, 2.24) is 4.98 Å². The van der Waals surface area contributed by atoms with E-state index in [9.17, 15) is 0 Å². The summed E-state index contributed by atoms with van der Waals surface area (Å²) in [5.41, 5.74) is 16.7. The second-order valence-corrected chi connectivity index (χ2v) is 5.73. The number of nitrogens with zero attached hydrogens (tertiary/aromatic N) is 1. The quantitative estimate of drug-likeness (QED) is 0.634. The maximum atomic E-state index is 6.10. The molecule has 0 radical (unpaired) electrons. The number of nitrogen functional groups attached to an aromatic ring is 2. The van der Waals surface area contributed by atoms with E-state index < -0.39 is 0 Å². The van der Waals surface area contributed by atoms with Crippen molar-refractivity contribution in [3.05, 3.63) is 48.7 Å². The third-order valence-corrected chi connectivity index (χ3v) is 3.48. The van der Waals surface area contributed by atoms with Gasteiger partial charge < -0.3 is 21.2 Å². The van der Waals surface area contributed by atoms with E-state index >= 15 is 0 Å². The highest BCUT2D eigenvalue weighted by atomic mass is 16.3. The van der Waals surface area contributed by atoms with Gasteiger partial charge in [-0.1, -0.05) is 18.2 Å². The van der Waals surface area contributed by atoms with Crippen molar-refractivity contribution >= 4 is 17.1 Å². The molecule has 0 atom stereocenters. The van der Waals surface area contributed by atoms with E-state index in [-0.39, 0.29) is 0 Å². The number of hydrogen-bond acceptors (Lipinski definition) is 5. The van der Waals surface area contributed by atoms with E-state index in [4.69, 9.17) is 15.9 Å². The molecular weight excluding hydrogens is 288 g/mol. The van der Waals surface area contributed by atoms with Crippen molar-refractivity contribution in [2.75, 3.05) is 16.8 Å². The number of nitrogens with one attached hydrogen (secondary N) is 1. The average molecular weight is 308 g/mol. The first-order valence-corrected chi connectivity index (χ1v) is 7.51. The molecule has 0 fully saturated rings. The van der Waals surface area contributed by atoms with Gasteiger partial charge in [-0.3, -0.25) is 0 Å². The minimum absolute atomic E-state index is 0.317. The Kier molecular flexibility index (Phi) is 3.93. The molecule has 0 aliphatic carbocycles. The molecule has 0 bridgehead atoms. The van der Waals surface area contributed by atoms with Gasteiger partial charge in [-0.05, 0) is 38.1 Å². The van der Waals surface area contributed by atoms with E-state index in [0.29, 0.717) is 29.0 Å². The number of anilines is 3. The molecule has 5 nitrogen and oxygen atoms in total. The topological polar surface area (TPSA) is 90.1 Å². The Morgan fingerprint density at radius 1 is 1.04 bits per heavy atom. The zero-order chi connectivity index (χ0) is 16.4. The van der Waals surface area contributed by atoms with Crippen molar-refractivity contribution in [2.45, 2.75) is 19.9 Å². The number of rotatable bonds is 4. The summed E-state index contributed by atoms with van der Waals surface area (Å²) < 4.78 is 5.59. The molecule has 5 heteroatoms. The Morgan fingerprint density at radius 3 is 2.52 bits per heavy atom. The van der Waals surface area contributed by atoms with E-state index in [1.807, 2.05) is 42.5 Å². The van der Waals surface area contributed by atoms with Crippen molar-refractivity contribution < 1.29 is 4.42 Å². The molecule has 0 amide bonds. The molecule has 1 heterocycles. The lowest BCUT2D eigenvalue weighted by molar-refractivity contribution is 0.575. The number of aromatic nitrogens is 1. The van der Waals surface area contributed by atoms with Crippen LogP contribution in [0.3, 0.4) is 0 Å². The van der Waals surface area contributed by atoms with Crippen molar-refractivity contribution in [2.24, 2.45) is 0 Å². The summed E-state index contributed by atoms with van der Waals surface area (Å²) in [6.07, 6.45) is 1.61. The molecule has 0 saturated heterocycles. The van der Waals surface area contributed by atoms with Crippen LogP contribution in [0.1, 0.15) is 13.8 Å². The molecule has 0 spiro atoms. The molecule has 0 unspecified atom stereocenters. The van der Waals surface area contributed by atoms with Gasteiger partial charge in [0.25, 0.3) is 0 Å². The van der Waals surface area contributed by atoms with E-state index in [0.717, 1.165) is 16.8 Å². The zero-order valence-corrected chi connectivity index (χ0v) is 13.2. The standard InChI is InChI=1S/C18H20N4O/c1-11(2)21-16-8-7-12(9-15(16)20)18-22-17(10-23-18)13-5-3-4-6-14(13)19/h3-11,21H,19-20H2,1-2H3. The van der Waals surface area contributed by atoms with Crippen molar-refractivity contribution in [1.29, 1.82) is 0 Å². The van der Waals surface area contributed by atoms with Crippen LogP contribution in [0.2, 0.25) is 0 Å². The van der Waals surface area contributed by atoms with Crippen LogP contribution in [0.25, 0.3) is 22.7 Å². The van der Waals surface area contributed by atoms with Gasteiger partial charge in [0.1, 0.15) is 12.0 Å². The average Bonchev–Trinajstić information content (AvgIpc) is 2.99. The SMILES string of the molecule is CC(C)Nc1ccc(-c2nc(-c3ccccc3N)co2)cc1N. The number of para-hydroxylation sites is 1. The maximum Gasteiger partial charge on any atom is 0.226 e. The van der Waals surface area contributed by atoms with Gasteiger partial charge in [0.2, 0.25) is 5.89 Å². The highest BCUT2D eigenvalue weighted by molar-refractivity contribution is 5.76. The van der Waals surface area contributed by atoms with Crippen LogP contribution in [-0.4, -0.2) is 11.0 Å². The van der Waals surface area contributed by atoms with Gasteiger partial charge in [-0.2, -0.15) is 0 Å². The summed E-state index contributed by atoms with van der Waals surface area (Å²) in [5.74, 6) is 0.519. The summed E-state index contributed by atoms with van der Waals surface area (Å²) in [6, 6.07) is 13.6. The predicted octanol–water partition coefficient (Wildman–Crippen LogP) is 3.99. The Hall–Kier alpha value is -2.95. The second kappa shape index (κ2) is 6.04. The lowest BCUT2D eigenvalue weighted by Gasteiger charge is -2.12. The Morgan fingerprint density at radius 2 is 1.83 bits per heavy atom. The van der Waals surface area contributed by atoms with Crippen LogP contribution < -0.4 is 16.8 Å². The van der Waals surface area contributed by atoms with Crippen LogP contribution in [0, 0.1) is 0 Å². The molecular formula is C18H20N4O. The lowest BCUT2D eigenvalue weighted by atomic mass is 10.1. The minimum Gasteiger partial charge on any atom is -0.444 e. The zero-order valence-electron chi connectivity index (χ0n) is 13.2. The first-order valence-electron chi connectivity index (χ1n) is 7.51. The first-order chi connectivity index (χ1) is 11.0. The summed E-state index contributed by atoms with van der Waals surface area (Å²) in [7, 11) is 0. The highest BCUT2D eigenvalue weighted by Gasteiger charge is 2.12. The summed E-state index contributed by atoms with van der Waals surface area (Å²) >= 11 is 0. The summed E-state index contributed by atoms with van der Waals surface area (Å²) in [5, 5.41) is 3.30. The fourth-order valence-corrected chi connectivity index (χ4v) is 2.40. The normalized spacial score (nSPS) is 10.9. The lowest BCUT2D eigenvalue weighted by Crippen LogP contribution is -2.11. The van der Waals surface area contributed by atoms with Gasteiger partial charge in [0.15, 0.2) is 0 Å². The van der Waals surface area contributed by atoms with Gasteiger partial charge in [0, 0.05) is 22.9 Å². The fraction of sp³-hybridized carbons (Fsp3) is 0.167. The molecule has 2 aromatic carbocycles. The Balaban J connectivity index is 1.92. The molecule has 23 heavy (non-hydrogen) atoms. The van der Waals surface area contributed by atoms with Gasteiger partial charge in [0.05, 0.1) is 11.4 Å². The van der Waals surface area contributed by atoms with Crippen molar-refractivity contribution in [3.63, 3.8) is 0 Å². The third-order valence-electron chi connectivity index (χ3n) is 3.48. The Labute approximate surface area is 135 Å². The van der Waals surface area contributed by atoms with Gasteiger partial charge in [-0.15, -0.1) is 0 Å². The number of oxazole rings is 1. The van der Waals surface area contributed by atoms with E-state index in [1.165, 1.54) is 0 Å². The van der Waals surface area contributed by atoms with E-state index in [2.05, 4.69) is 24.1 Å². The summed E-state index contributed by atoms with van der Waals surface area (Å²) in [6.45, 7) is 4.13. The smallest absolute Gasteiger partial charge is 0.226 e. The molecule has 3 aromatic rings. The van der Waals surface area contributed by atoms with Crippen LogP contribution in [0.5, 0.6) is 0 Å². The van der Waals surface area contributed by atoms with Crippen LogP contribution in [0.4, 0.5) is 17.1 Å². The molecule has 1 aromatic heterocycles. The first kappa shape index (κ1) is 15.0. The van der Waals surface area contributed by atoms with Crippen molar-refractivity contribution in [3.8, 4) is 22.7 Å².